The van der Waals surface area contributed by atoms with Crippen LogP contribution in [0.25, 0.3) is 0 Å². The fraction of sp³-hybridized carbons (Fsp3) is 0.533. The largest absolute Gasteiger partial charge is 0.496 e. The maximum absolute atomic E-state index is 8.74. The summed E-state index contributed by atoms with van der Waals surface area (Å²) < 4.78 is 5.45. The van der Waals surface area contributed by atoms with Gasteiger partial charge in [-0.05, 0) is 25.0 Å². The van der Waals surface area contributed by atoms with Crippen molar-refractivity contribution in [1.82, 2.24) is 0 Å². The van der Waals surface area contributed by atoms with Crippen LogP contribution in [-0.2, 0) is 0 Å². The van der Waals surface area contributed by atoms with Gasteiger partial charge in [-0.2, -0.15) is 5.26 Å². The van der Waals surface area contributed by atoms with Crippen molar-refractivity contribution in [2.24, 2.45) is 0 Å². The van der Waals surface area contributed by atoms with Crippen molar-refractivity contribution < 1.29 is 4.74 Å². The van der Waals surface area contributed by atoms with Crippen molar-refractivity contribution in [2.75, 3.05) is 25.1 Å². The molecule has 0 radical (unpaired) electrons. The summed E-state index contributed by atoms with van der Waals surface area (Å²) in [5, 5.41) is 8.74. The Morgan fingerprint density at radius 3 is 2.61 bits per heavy atom. The first-order valence-electron chi connectivity index (χ1n) is 6.44. The highest BCUT2D eigenvalue weighted by molar-refractivity contribution is 5.60. The lowest BCUT2D eigenvalue weighted by molar-refractivity contribution is 0.407. The van der Waals surface area contributed by atoms with Gasteiger partial charge in [-0.25, -0.2) is 0 Å². The zero-order valence-corrected chi connectivity index (χ0v) is 11.7. The van der Waals surface area contributed by atoms with Gasteiger partial charge in [-0.15, -0.1) is 0 Å². The van der Waals surface area contributed by atoms with Gasteiger partial charge in [-0.1, -0.05) is 19.9 Å². The summed E-state index contributed by atoms with van der Waals surface area (Å²) in [7, 11) is 1.70. The van der Waals surface area contributed by atoms with Gasteiger partial charge in [0.25, 0.3) is 0 Å². The normalized spacial score (nSPS) is 10.2. The Morgan fingerprint density at radius 1 is 1.39 bits per heavy atom. The summed E-state index contributed by atoms with van der Waals surface area (Å²) in [5.74, 6) is 1.32. The fourth-order valence-electron chi connectivity index (χ4n) is 2.20. The molecule has 0 heterocycles. The van der Waals surface area contributed by atoms with Crippen molar-refractivity contribution >= 4 is 5.69 Å². The number of benzene rings is 1. The third-order valence-corrected chi connectivity index (χ3v) is 3.06. The molecule has 0 fully saturated rings. The molecule has 1 aromatic rings. The lowest BCUT2D eigenvalue weighted by Gasteiger charge is -2.27. The first-order valence-corrected chi connectivity index (χ1v) is 6.44. The van der Waals surface area contributed by atoms with E-state index >= 15 is 0 Å². The van der Waals surface area contributed by atoms with E-state index in [2.05, 4.69) is 37.8 Å². The molecular formula is C15H22N2O. The maximum atomic E-state index is 8.74. The van der Waals surface area contributed by atoms with Crippen LogP contribution < -0.4 is 9.64 Å². The number of methoxy groups -OCH3 is 1. The van der Waals surface area contributed by atoms with Gasteiger partial charge in [0.15, 0.2) is 0 Å². The number of hydrogen-bond donors (Lipinski definition) is 0. The molecule has 0 amide bonds. The molecule has 3 nitrogen and oxygen atoms in total. The molecule has 0 N–H and O–H groups in total. The fourth-order valence-corrected chi connectivity index (χ4v) is 2.20. The Labute approximate surface area is 110 Å². The van der Waals surface area contributed by atoms with Crippen LogP contribution in [0.4, 0.5) is 5.69 Å². The van der Waals surface area contributed by atoms with E-state index in [-0.39, 0.29) is 0 Å². The molecule has 0 aliphatic carbocycles. The van der Waals surface area contributed by atoms with Crippen molar-refractivity contribution in [3.8, 4) is 11.8 Å². The quantitative estimate of drug-likeness (QED) is 0.770. The predicted molar refractivity (Wildman–Crippen MR) is 75.2 cm³/mol. The average Bonchev–Trinajstić information content (AvgIpc) is 2.38. The van der Waals surface area contributed by atoms with Crippen LogP contribution >= 0.6 is 0 Å². The number of nitriles is 1. The molecule has 0 aromatic heterocycles. The monoisotopic (exact) mass is 246 g/mol. The van der Waals surface area contributed by atoms with Gasteiger partial charge in [0, 0.05) is 24.3 Å². The summed E-state index contributed by atoms with van der Waals surface area (Å²) in [5.41, 5.74) is 2.40. The molecule has 0 aliphatic heterocycles. The van der Waals surface area contributed by atoms with Crippen LogP contribution in [0.5, 0.6) is 5.75 Å². The minimum Gasteiger partial charge on any atom is -0.496 e. The van der Waals surface area contributed by atoms with Gasteiger partial charge >= 0.3 is 0 Å². The first kappa shape index (κ1) is 14.4. The van der Waals surface area contributed by atoms with Gasteiger partial charge in [0.05, 0.1) is 19.6 Å². The van der Waals surface area contributed by atoms with E-state index in [4.69, 9.17) is 10.00 Å². The Kier molecular flexibility index (Phi) is 5.51. The summed E-state index contributed by atoms with van der Waals surface area (Å²) in [4.78, 5) is 2.24. The van der Waals surface area contributed by atoms with Gasteiger partial charge in [0.2, 0.25) is 0 Å². The molecule has 18 heavy (non-hydrogen) atoms. The number of nitrogens with zero attached hydrogens (tertiary/aromatic N) is 2. The second kappa shape index (κ2) is 6.90. The summed E-state index contributed by atoms with van der Waals surface area (Å²) in [6.07, 6.45) is 0.544. The highest BCUT2D eigenvalue weighted by Gasteiger charge is 2.16. The molecule has 0 atom stereocenters. The van der Waals surface area contributed by atoms with E-state index in [0.29, 0.717) is 12.3 Å². The van der Waals surface area contributed by atoms with E-state index < -0.39 is 0 Å². The molecule has 98 valence electrons. The second-order valence-corrected chi connectivity index (χ2v) is 4.54. The Bertz CT molecular complexity index is 421. The third-order valence-electron chi connectivity index (χ3n) is 3.06. The highest BCUT2D eigenvalue weighted by atomic mass is 16.5. The molecule has 0 bridgehead atoms. The van der Waals surface area contributed by atoms with E-state index in [1.165, 1.54) is 11.3 Å². The molecule has 3 heteroatoms. The van der Waals surface area contributed by atoms with Crippen LogP contribution in [0.15, 0.2) is 18.2 Å². The smallest absolute Gasteiger partial charge is 0.124 e. The lowest BCUT2D eigenvalue weighted by Crippen LogP contribution is -2.25. The highest BCUT2D eigenvalue weighted by Crippen LogP contribution is 2.35. The molecule has 0 aliphatic rings. The van der Waals surface area contributed by atoms with E-state index in [0.717, 1.165) is 18.8 Å². The Balaban J connectivity index is 3.17. The van der Waals surface area contributed by atoms with Crippen molar-refractivity contribution in [3.05, 3.63) is 23.8 Å². The molecule has 1 aromatic carbocycles. The van der Waals surface area contributed by atoms with Gasteiger partial charge in [0.1, 0.15) is 5.75 Å². The molecule has 0 saturated heterocycles. The Morgan fingerprint density at radius 2 is 2.11 bits per heavy atom. The van der Waals surface area contributed by atoms with E-state index in [1.54, 1.807) is 7.11 Å². The van der Waals surface area contributed by atoms with Crippen LogP contribution in [0, 0.1) is 11.3 Å². The third kappa shape index (κ3) is 3.16. The SMILES string of the molecule is CCN(CCC#N)c1cccc(OC)c1C(C)C. The first-order chi connectivity index (χ1) is 8.65. The zero-order valence-electron chi connectivity index (χ0n) is 11.7. The molecule has 1 rings (SSSR count). The van der Waals surface area contributed by atoms with Gasteiger partial charge < -0.3 is 9.64 Å². The van der Waals surface area contributed by atoms with Gasteiger partial charge in [-0.3, -0.25) is 0 Å². The minimum absolute atomic E-state index is 0.396. The van der Waals surface area contributed by atoms with Crippen LogP contribution in [-0.4, -0.2) is 20.2 Å². The van der Waals surface area contributed by atoms with Crippen LogP contribution in [0.1, 0.15) is 38.7 Å². The summed E-state index contributed by atoms with van der Waals surface area (Å²) >= 11 is 0. The summed E-state index contributed by atoms with van der Waals surface area (Å²) in [6.45, 7) is 8.11. The predicted octanol–water partition coefficient (Wildman–Crippen LogP) is 3.56. The number of anilines is 1. The number of hydrogen-bond acceptors (Lipinski definition) is 3. The summed E-state index contributed by atoms with van der Waals surface area (Å²) in [6, 6.07) is 8.32. The lowest BCUT2D eigenvalue weighted by atomic mass is 9.99. The zero-order chi connectivity index (χ0) is 13.5. The van der Waals surface area contributed by atoms with Crippen molar-refractivity contribution in [3.63, 3.8) is 0 Å². The molecule has 0 saturated carbocycles. The van der Waals surface area contributed by atoms with E-state index in [9.17, 15) is 0 Å². The van der Waals surface area contributed by atoms with Crippen molar-refractivity contribution in [2.45, 2.75) is 33.1 Å². The Hall–Kier alpha value is -1.69. The van der Waals surface area contributed by atoms with Crippen molar-refractivity contribution in [1.29, 1.82) is 5.26 Å². The maximum Gasteiger partial charge on any atom is 0.124 e. The van der Waals surface area contributed by atoms with Crippen LogP contribution in [0.3, 0.4) is 0 Å². The molecular weight excluding hydrogens is 224 g/mol. The minimum atomic E-state index is 0.396. The topological polar surface area (TPSA) is 36.3 Å². The number of rotatable bonds is 6. The number of ether oxygens (including phenoxy) is 1. The molecule has 0 spiro atoms. The average molecular weight is 246 g/mol. The standard InChI is InChI=1S/C15H22N2O/c1-5-17(11-7-10-16)13-8-6-9-14(18-4)15(13)12(2)3/h6,8-9,12H,5,7,11H2,1-4H3. The molecule has 0 unspecified atom stereocenters. The van der Waals surface area contributed by atoms with Crippen LogP contribution in [0.2, 0.25) is 0 Å². The van der Waals surface area contributed by atoms with E-state index in [1.807, 2.05) is 12.1 Å². The second-order valence-electron chi connectivity index (χ2n) is 4.54.